The first-order chi connectivity index (χ1) is 9.76. The summed E-state index contributed by atoms with van der Waals surface area (Å²) in [5, 5.41) is 6.22. The molecule has 0 unspecified atom stereocenters. The fraction of sp³-hybridized carbons (Fsp3) is 0.250. The van der Waals surface area contributed by atoms with Crippen LogP contribution < -0.4 is 5.69 Å². The summed E-state index contributed by atoms with van der Waals surface area (Å²) in [5.74, 6) is 2.02. The molecule has 0 amide bonds. The molecule has 3 rings (SSSR count). The van der Waals surface area contributed by atoms with Crippen LogP contribution in [0.1, 0.15) is 18.6 Å². The van der Waals surface area contributed by atoms with E-state index in [1.54, 1.807) is 12.4 Å². The zero-order valence-electron chi connectivity index (χ0n) is 10.9. The first-order valence-electron chi connectivity index (χ1n) is 6.23. The summed E-state index contributed by atoms with van der Waals surface area (Å²) in [6, 6.07) is 1.81. The van der Waals surface area contributed by atoms with Gasteiger partial charge in [-0.1, -0.05) is 6.92 Å². The second-order valence-electron chi connectivity index (χ2n) is 4.21. The number of nitrogens with one attached hydrogen (secondary N) is 2. The molecule has 0 aliphatic carbocycles. The highest BCUT2D eigenvalue weighted by molar-refractivity contribution is 5.49. The molecule has 8 nitrogen and oxygen atoms in total. The highest BCUT2D eigenvalue weighted by atomic mass is 16.1. The number of aromatic amines is 2. The van der Waals surface area contributed by atoms with Crippen molar-refractivity contribution in [2.45, 2.75) is 19.9 Å². The topological polar surface area (TPSA) is 105 Å². The van der Waals surface area contributed by atoms with E-state index in [4.69, 9.17) is 0 Å². The molecule has 3 heterocycles. The van der Waals surface area contributed by atoms with Gasteiger partial charge in [0.1, 0.15) is 11.5 Å². The molecule has 3 aromatic heterocycles. The van der Waals surface area contributed by atoms with E-state index in [2.05, 4.69) is 30.1 Å². The zero-order valence-corrected chi connectivity index (χ0v) is 10.9. The smallest absolute Gasteiger partial charge is 0.322 e. The van der Waals surface area contributed by atoms with Crippen LogP contribution in [-0.4, -0.2) is 34.7 Å². The quantitative estimate of drug-likeness (QED) is 0.713. The zero-order chi connectivity index (χ0) is 13.9. The number of rotatable bonds is 4. The van der Waals surface area contributed by atoms with Gasteiger partial charge in [-0.15, -0.1) is 0 Å². The van der Waals surface area contributed by atoms with Crippen LogP contribution in [-0.2, 0) is 13.0 Å². The Labute approximate surface area is 113 Å². The maximum Gasteiger partial charge on any atom is 0.340 e. The predicted molar refractivity (Wildman–Crippen MR) is 70.9 cm³/mol. The van der Waals surface area contributed by atoms with Gasteiger partial charge in [-0.05, 0) is 6.07 Å². The van der Waals surface area contributed by atoms with E-state index < -0.39 is 0 Å². The van der Waals surface area contributed by atoms with Gasteiger partial charge in [-0.25, -0.2) is 24.8 Å². The minimum absolute atomic E-state index is 0.322. The summed E-state index contributed by atoms with van der Waals surface area (Å²) >= 11 is 0. The lowest BCUT2D eigenvalue weighted by Gasteiger charge is -2.05. The van der Waals surface area contributed by atoms with E-state index in [0.717, 1.165) is 17.9 Å². The molecular formula is C12H13N7O. The second-order valence-corrected chi connectivity index (χ2v) is 4.21. The highest BCUT2D eigenvalue weighted by Crippen LogP contribution is 2.15. The Morgan fingerprint density at radius 3 is 2.95 bits per heavy atom. The van der Waals surface area contributed by atoms with Crippen molar-refractivity contribution in [2.24, 2.45) is 0 Å². The Bertz CT molecular complexity index is 770. The third-order valence-electron chi connectivity index (χ3n) is 2.84. The van der Waals surface area contributed by atoms with Crippen molar-refractivity contribution in [1.82, 2.24) is 34.7 Å². The summed E-state index contributed by atoms with van der Waals surface area (Å²) in [6.45, 7) is 2.42. The molecule has 8 heteroatoms. The number of aromatic nitrogens is 7. The molecule has 0 saturated heterocycles. The van der Waals surface area contributed by atoms with Gasteiger partial charge >= 0.3 is 5.69 Å². The lowest BCUT2D eigenvalue weighted by Crippen LogP contribution is -2.06. The molecule has 3 aromatic rings. The highest BCUT2D eigenvalue weighted by Gasteiger charge is 2.10. The SMILES string of the molecule is CCc1nccc(-c2nccn2Cc2n[nH]c(=O)[nH]2)n1. The number of H-pyrrole nitrogens is 2. The van der Waals surface area contributed by atoms with Crippen LogP contribution in [0, 0.1) is 0 Å². The third kappa shape index (κ3) is 2.35. The van der Waals surface area contributed by atoms with Crippen molar-refractivity contribution >= 4 is 0 Å². The van der Waals surface area contributed by atoms with Crippen LogP contribution >= 0.6 is 0 Å². The molecule has 0 aromatic carbocycles. The van der Waals surface area contributed by atoms with E-state index in [1.165, 1.54) is 0 Å². The summed E-state index contributed by atoms with van der Waals surface area (Å²) in [4.78, 5) is 26.6. The van der Waals surface area contributed by atoms with E-state index in [1.807, 2.05) is 23.8 Å². The van der Waals surface area contributed by atoms with Crippen LogP contribution in [0.2, 0.25) is 0 Å². The van der Waals surface area contributed by atoms with E-state index in [-0.39, 0.29) is 5.69 Å². The molecular weight excluding hydrogens is 258 g/mol. The lowest BCUT2D eigenvalue weighted by molar-refractivity contribution is 0.751. The van der Waals surface area contributed by atoms with Gasteiger partial charge in [0.15, 0.2) is 11.6 Å². The molecule has 2 N–H and O–H groups in total. The molecule has 0 atom stereocenters. The van der Waals surface area contributed by atoms with Crippen molar-refractivity contribution in [3.8, 4) is 11.5 Å². The number of nitrogens with zero attached hydrogens (tertiary/aromatic N) is 5. The average Bonchev–Trinajstić information content (AvgIpc) is 3.08. The molecule has 0 spiro atoms. The number of imidazole rings is 1. The van der Waals surface area contributed by atoms with Crippen molar-refractivity contribution in [3.63, 3.8) is 0 Å². The van der Waals surface area contributed by atoms with Gasteiger partial charge in [0.05, 0.1) is 6.54 Å². The lowest BCUT2D eigenvalue weighted by atomic mass is 10.3. The Morgan fingerprint density at radius 1 is 1.30 bits per heavy atom. The number of aryl methyl sites for hydroxylation is 1. The maximum atomic E-state index is 11.0. The molecule has 20 heavy (non-hydrogen) atoms. The minimum atomic E-state index is -0.322. The fourth-order valence-electron chi connectivity index (χ4n) is 1.91. The Balaban J connectivity index is 1.95. The van der Waals surface area contributed by atoms with Crippen LogP contribution in [0.4, 0.5) is 0 Å². The van der Waals surface area contributed by atoms with Gasteiger partial charge < -0.3 is 4.57 Å². The normalized spacial score (nSPS) is 10.8. The standard InChI is InChI=1S/C12H13N7O/c1-2-9-13-4-3-8(15-9)11-14-5-6-19(11)7-10-16-12(20)18-17-10/h3-6H,2,7H2,1H3,(H2,16,17,18,20). The predicted octanol–water partition coefficient (Wildman–Crippen LogP) is 0.362. The number of hydrogen-bond donors (Lipinski definition) is 2. The second kappa shape index (κ2) is 5.08. The third-order valence-corrected chi connectivity index (χ3v) is 2.84. The van der Waals surface area contributed by atoms with Gasteiger partial charge in [0.2, 0.25) is 0 Å². The summed E-state index contributed by atoms with van der Waals surface area (Å²) in [5.41, 5.74) is 0.428. The van der Waals surface area contributed by atoms with Crippen molar-refractivity contribution in [1.29, 1.82) is 0 Å². The maximum absolute atomic E-state index is 11.0. The minimum Gasteiger partial charge on any atom is -0.322 e. The van der Waals surface area contributed by atoms with E-state index in [0.29, 0.717) is 18.2 Å². The van der Waals surface area contributed by atoms with Gasteiger partial charge in [-0.3, -0.25) is 4.98 Å². The van der Waals surface area contributed by atoms with Crippen molar-refractivity contribution in [2.75, 3.05) is 0 Å². The largest absolute Gasteiger partial charge is 0.340 e. The first-order valence-corrected chi connectivity index (χ1v) is 6.23. The Hall–Kier alpha value is -2.77. The van der Waals surface area contributed by atoms with E-state index >= 15 is 0 Å². The molecule has 0 aliphatic rings. The summed E-state index contributed by atoms with van der Waals surface area (Å²) in [7, 11) is 0. The van der Waals surface area contributed by atoms with Crippen molar-refractivity contribution < 1.29 is 0 Å². The monoisotopic (exact) mass is 271 g/mol. The van der Waals surface area contributed by atoms with Gasteiger partial charge in [-0.2, -0.15) is 5.10 Å². The number of hydrogen-bond acceptors (Lipinski definition) is 5. The Kier molecular flexibility index (Phi) is 3.12. The molecule has 0 bridgehead atoms. The van der Waals surface area contributed by atoms with Gasteiger partial charge in [0.25, 0.3) is 0 Å². The van der Waals surface area contributed by atoms with Gasteiger partial charge in [0, 0.05) is 25.0 Å². The molecule has 0 aliphatic heterocycles. The van der Waals surface area contributed by atoms with Crippen LogP contribution in [0.15, 0.2) is 29.5 Å². The average molecular weight is 271 g/mol. The van der Waals surface area contributed by atoms with E-state index in [9.17, 15) is 4.79 Å². The molecule has 0 radical (unpaired) electrons. The molecule has 102 valence electrons. The van der Waals surface area contributed by atoms with Crippen molar-refractivity contribution in [3.05, 3.63) is 46.8 Å². The Morgan fingerprint density at radius 2 is 2.20 bits per heavy atom. The van der Waals surface area contributed by atoms with Crippen LogP contribution in [0.5, 0.6) is 0 Å². The summed E-state index contributed by atoms with van der Waals surface area (Å²) in [6.07, 6.45) is 5.99. The first kappa shape index (κ1) is 12.3. The van der Waals surface area contributed by atoms with Crippen LogP contribution in [0.25, 0.3) is 11.5 Å². The van der Waals surface area contributed by atoms with Crippen LogP contribution in [0.3, 0.4) is 0 Å². The fourth-order valence-corrected chi connectivity index (χ4v) is 1.91. The summed E-state index contributed by atoms with van der Waals surface area (Å²) < 4.78 is 1.87. The molecule has 0 saturated carbocycles. The molecule has 0 fully saturated rings.